The van der Waals surface area contributed by atoms with Crippen molar-refractivity contribution in [3.63, 3.8) is 0 Å². The highest BCUT2D eigenvalue weighted by molar-refractivity contribution is 6.31. The van der Waals surface area contributed by atoms with E-state index < -0.39 is 0 Å². The summed E-state index contributed by atoms with van der Waals surface area (Å²) in [6, 6.07) is 12.5. The minimum Gasteiger partial charge on any atom is -0.322 e. The highest BCUT2D eigenvalue weighted by atomic mass is 35.5. The molecule has 0 saturated heterocycles. The minimum absolute atomic E-state index is 0.226. The topological polar surface area (TPSA) is 46.9 Å². The van der Waals surface area contributed by atoms with Crippen molar-refractivity contribution in [1.29, 1.82) is 0 Å². The van der Waals surface area contributed by atoms with Gasteiger partial charge in [-0.3, -0.25) is 4.79 Å². The number of hydrogen-bond donors (Lipinski definition) is 1. The number of nitrogens with zero attached hydrogens (tertiary/aromatic N) is 2. The van der Waals surface area contributed by atoms with Crippen LogP contribution in [0.2, 0.25) is 10.0 Å². The lowest BCUT2D eigenvalue weighted by Crippen LogP contribution is -2.12. The van der Waals surface area contributed by atoms with Gasteiger partial charge in [-0.05, 0) is 55.0 Å². The monoisotopic (exact) mass is 345 g/mol. The van der Waals surface area contributed by atoms with E-state index in [0.717, 1.165) is 16.9 Å². The smallest absolute Gasteiger partial charge is 0.258 e. The van der Waals surface area contributed by atoms with Crippen LogP contribution in [0.4, 0.5) is 5.69 Å². The van der Waals surface area contributed by atoms with Crippen LogP contribution >= 0.6 is 23.2 Å². The average Bonchev–Trinajstić information content (AvgIpc) is 3.01. The number of rotatable bonds is 3. The summed E-state index contributed by atoms with van der Waals surface area (Å²) in [5, 5.41) is 8.35. The van der Waals surface area contributed by atoms with E-state index in [2.05, 4.69) is 10.4 Å². The molecule has 0 spiro atoms. The normalized spacial score (nSPS) is 10.6. The molecular weight excluding hydrogens is 333 g/mol. The van der Waals surface area contributed by atoms with Crippen LogP contribution in [0.5, 0.6) is 0 Å². The van der Waals surface area contributed by atoms with Crippen LogP contribution < -0.4 is 5.32 Å². The number of halogens is 2. The van der Waals surface area contributed by atoms with Gasteiger partial charge in [-0.2, -0.15) is 5.10 Å². The Morgan fingerprint density at radius 3 is 2.48 bits per heavy atom. The second-order valence-corrected chi connectivity index (χ2v) is 5.94. The second-order valence-electron chi connectivity index (χ2n) is 5.06. The van der Waals surface area contributed by atoms with E-state index in [1.165, 1.54) is 6.20 Å². The number of carbonyl (C=O) groups is 1. The van der Waals surface area contributed by atoms with Crippen molar-refractivity contribution in [1.82, 2.24) is 9.78 Å². The molecule has 23 heavy (non-hydrogen) atoms. The number of carbonyl (C=O) groups excluding carboxylic acids is 1. The SMILES string of the molecule is Cc1cc(Cl)ccc1NC(=O)c1cnn(-c2ccc(Cl)cc2)c1. The molecule has 1 heterocycles. The van der Waals surface area contributed by atoms with Crippen molar-refractivity contribution in [3.8, 4) is 5.69 Å². The van der Waals surface area contributed by atoms with Crippen molar-refractivity contribution in [2.45, 2.75) is 6.92 Å². The Kier molecular flexibility index (Phi) is 4.37. The van der Waals surface area contributed by atoms with E-state index in [-0.39, 0.29) is 5.91 Å². The number of aryl methyl sites for hydroxylation is 1. The Labute approximate surface area is 143 Å². The molecule has 0 aliphatic heterocycles. The molecular formula is C17H13Cl2N3O. The standard InChI is InChI=1S/C17H13Cl2N3O/c1-11-8-14(19)4-7-16(11)21-17(23)12-9-20-22(10-12)15-5-2-13(18)3-6-15/h2-10H,1H3,(H,21,23). The predicted molar refractivity (Wildman–Crippen MR) is 92.7 cm³/mol. The van der Waals surface area contributed by atoms with Gasteiger partial charge < -0.3 is 5.32 Å². The summed E-state index contributed by atoms with van der Waals surface area (Å²) in [7, 11) is 0. The minimum atomic E-state index is -0.226. The van der Waals surface area contributed by atoms with Crippen molar-refractivity contribution >= 4 is 34.8 Å². The first-order valence-electron chi connectivity index (χ1n) is 6.91. The van der Waals surface area contributed by atoms with Crippen LogP contribution in [0.1, 0.15) is 15.9 Å². The molecule has 1 aromatic heterocycles. The van der Waals surface area contributed by atoms with E-state index in [1.807, 2.05) is 19.1 Å². The summed E-state index contributed by atoms with van der Waals surface area (Å²) in [5.74, 6) is -0.226. The van der Waals surface area contributed by atoms with Crippen molar-refractivity contribution in [2.24, 2.45) is 0 Å². The zero-order valence-corrected chi connectivity index (χ0v) is 13.8. The first-order chi connectivity index (χ1) is 11.0. The summed E-state index contributed by atoms with van der Waals surface area (Å²) in [5.41, 5.74) is 2.92. The largest absolute Gasteiger partial charge is 0.322 e. The maximum absolute atomic E-state index is 12.3. The maximum Gasteiger partial charge on any atom is 0.258 e. The highest BCUT2D eigenvalue weighted by Gasteiger charge is 2.11. The first kappa shape index (κ1) is 15.6. The Bertz CT molecular complexity index is 857. The molecule has 0 atom stereocenters. The third-order valence-electron chi connectivity index (χ3n) is 3.37. The molecule has 4 nitrogen and oxygen atoms in total. The summed E-state index contributed by atoms with van der Waals surface area (Å²) in [6.45, 7) is 1.89. The van der Waals surface area contributed by atoms with Gasteiger partial charge in [0.25, 0.3) is 5.91 Å². The lowest BCUT2D eigenvalue weighted by molar-refractivity contribution is 0.102. The third-order valence-corrected chi connectivity index (χ3v) is 3.86. The molecule has 3 aromatic rings. The Balaban J connectivity index is 1.79. The first-order valence-corrected chi connectivity index (χ1v) is 7.66. The van der Waals surface area contributed by atoms with Gasteiger partial charge >= 0.3 is 0 Å². The quantitative estimate of drug-likeness (QED) is 0.745. The van der Waals surface area contributed by atoms with Crippen LogP contribution in [0.15, 0.2) is 54.9 Å². The molecule has 116 valence electrons. The van der Waals surface area contributed by atoms with Gasteiger partial charge in [-0.15, -0.1) is 0 Å². The maximum atomic E-state index is 12.3. The number of amides is 1. The second kappa shape index (κ2) is 6.44. The molecule has 0 aliphatic rings. The van der Waals surface area contributed by atoms with E-state index in [0.29, 0.717) is 15.6 Å². The van der Waals surface area contributed by atoms with Gasteiger partial charge in [-0.1, -0.05) is 23.2 Å². The molecule has 0 fully saturated rings. The van der Waals surface area contributed by atoms with E-state index >= 15 is 0 Å². The molecule has 0 bridgehead atoms. The number of hydrogen-bond acceptors (Lipinski definition) is 2. The van der Waals surface area contributed by atoms with Crippen LogP contribution in [-0.4, -0.2) is 15.7 Å². The van der Waals surface area contributed by atoms with Crippen LogP contribution in [0.25, 0.3) is 5.69 Å². The van der Waals surface area contributed by atoms with Gasteiger partial charge in [0.05, 0.1) is 17.4 Å². The predicted octanol–water partition coefficient (Wildman–Crippen LogP) is 4.74. The Morgan fingerprint density at radius 2 is 1.78 bits per heavy atom. The molecule has 0 unspecified atom stereocenters. The molecule has 3 rings (SSSR count). The van der Waals surface area contributed by atoms with Gasteiger partial charge in [-0.25, -0.2) is 4.68 Å². The number of benzene rings is 2. The summed E-state index contributed by atoms with van der Waals surface area (Å²) in [4.78, 5) is 12.3. The van der Waals surface area contributed by atoms with Crippen molar-refractivity contribution in [3.05, 3.63) is 76.0 Å². The van der Waals surface area contributed by atoms with Gasteiger partial charge in [0.1, 0.15) is 0 Å². The molecule has 0 aliphatic carbocycles. The van der Waals surface area contributed by atoms with Crippen molar-refractivity contribution in [2.75, 3.05) is 5.32 Å². The fourth-order valence-corrected chi connectivity index (χ4v) is 2.49. The zero-order chi connectivity index (χ0) is 16.4. The fourth-order valence-electron chi connectivity index (χ4n) is 2.14. The number of anilines is 1. The molecule has 2 aromatic carbocycles. The molecule has 6 heteroatoms. The van der Waals surface area contributed by atoms with Crippen molar-refractivity contribution < 1.29 is 4.79 Å². The van der Waals surface area contributed by atoms with E-state index in [4.69, 9.17) is 23.2 Å². The van der Waals surface area contributed by atoms with Crippen LogP contribution in [0.3, 0.4) is 0 Å². The summed E-state index contributed by atoms with van der Waals surface area (Å²) >= 11 is 11.8. The number of nitrogens with one attached hydrogen (secondary N) is 1. The average molecular weight is 346 g/mol. The van der Waals surface area contributed by atoms with Crippen LogP contribution in [-0.2, 0) is 0 Å². The zero-order valence-electron chi connectivity index (χ0n) is 12.3. The third kappa shape index (κ3) is 3.55. The molecule has 1 N–H and O–H groups in total. The van der Waals surface area contributed by atoms with Gasteiger partial charge in [0, 0.05) is 21.9 Å². The van der Waals surface area contributed by atoms with Gasteiger partial charge in [0.2, 0.25) is 0 Å². The molecule has 0 saturated carbocycles. The molecule has 0 radical (unpaired) electrons. The number of aromatic nitrogens is 2. The van der Waals surface area contributed by atoms with Crippen LogP contribution in [0, 0.1) is 6.92 Å². The Morgan fingerprint density at radius 1 is 1.09 bits per heavy atom. The van der Waals surface area contributed by atoms with E-state index in [1.54, 1.807) is 41.2 Å². The molecule has 1 amide bonds. The lowest BCUT2D eigenvalue weighted by atomic mass is 10.2. The fraction of sp³-hybridized carbons (Fsp3) is 0.0588. The highest BCUT2D eigenvalue weighted by Crippen LogP contribution is 2.20. The van der Waals surface area contributed by atoms with Gasteiger partial charge in [0.15, 0.2) is 0 Å². The lowest BCUT2D eigenvalue weighted by Gasteiger charge is -2.07. The summed E-state index contributed by atoms with van der Waals surface area (Å²) in [6.07, 6.45) is 3.19. The summed E-state index contributed by atoms with van der Waals surface area (Å²) < 4.78 is 1.62. The Hall–Kier alpha value is -2.30. The van der Waals surface area contributed by atoms with E-state index in [9.17, 15) is 4.79 Å².